The van der Waals surface area contributed by atoms with Crippen molar-refractivity contribution >= 4 is 15.9 Å². The number of halogens is 4. The molecule has 74 valence electrons. The zero-order valence-corrected chi connectivity index (χ0v) is 8.35. The van der Waals surface area contributed by atoms with Crippen molar-refractivity contribution in [3.05, 3.63) is 34.3 Å². The molecular formula is C8H8BrF3O. The minimum atomic E-state index is -4.24. The summed E-state index contributed by atoms with van der Waals surface area (Å²) in [5, 5.41) is 7.00. The number of alkyl halides is 3. The Morgan fingerprint density at radius 2 is 1.46 bits per heavy atom. The molecule has 0 radical (unpaired) electrons. The molecule has 1 N–H and O–H groups in total. The molecule has 0 aliphatic heterocycles. The van der Waals surface area contributed by atoms with Crippen LogP contribution in [-0.2, 0) is 6.18 Å². The zero-order valence-electron chi connectivity index (χ0n) is 6.77. The summed E-state index contributed by atoms with van der Waals surface area (Å²) in [6.07, 6.45) is -4.24. The fourth-order valence-corrected chi connectivity index (χ4v) is 0.903. The van der Waals surface area contributed by atoms with Gasteiger partial charge in [-0.2, -0.15) is 13.2 Å². The van der Waals surface area contributed by atoms with Crippen molar-refractivity contribution in [1.82, 2.24) is 0 Å². The van der Waals surface area contributed by atoms with Gasteiger partial charge in [0.2, 0.25) is 0 Å². The first-order valence-electron chi connectivity index (χ1n) is 3.27. The highest BCUT2D eigenvalue weighted by Crippen LogP contribution is 2.29. The van der Waals surface area contributed by atoms with Gasteiger partial charge in [0.15, 0.2) is 0 Å². The minimum Gasteiger partial charge on any atom is -0.400 e. The van der Waals surface area contributed by atoms with Gasteiger partial charge in [-0.15, -0.1) is 0 Å². The number of rotatable bonds is 0. The molecule has 0 heterocycles. The lowest BCUT2D eigenvalue weighted by molar-refractivity contribution is -0.137. The van der Waals surface area contributed by atoms with E-state index in [2.05, 4.69) is 15.9 Å². The SMILES string of the molecule is CO.FC(F)(F)c1ccc(Br)cc1. The second-order valence-electron chi connectivity index (χ2n) is 2.00. The van der Waals surface area contributed by atoms with Crippen molar-refractivity contribution in [1.29, 1.82) is 0 Å². The smallest absolute Gasteiger partial charge is 0.400 e. The molecular weight excluding hydrogens is 249 g/mol. The molecule has 0 aliphatic rings. The summed E-state index contributed by atoms with van der Waals surface area (Å²) in [5.41, 5.74) is -0.624. The Morgan fingerprint density at radius 1 is 1.08 bits per heavy atom. The van der Waals surface area contributed by atoms with Crippen molar-refractivity contribution < 1.29 is 18.3 Å². The Labute approximate surface area is 82.3 Å². The number of aliphatic hydroxyl groups excluding tert-OH is 1. The molecule has 0 saturated heterocycles. The van der Waals surface area contributed by atoms with E-state index in [0.717, 1.165) is 19.2 Å². The maximum Gasteiger partial charge on any atom is 0.416 e. The van der Waals surface area contributed by atoms with Gasteiger partial charge in [0.25, 0.3) is 0 Å². The zero-order chi connectivity index (χ0) is 10.5. The number of aliphatic hydroxyl groups is 1. The van der Waals surface area contributed by atoms with E-state index in [1.165, 1.54) is 12.1 Å². The molecule has 0 fully saturated rings. The highest BCUT2D eigenvalue weighted by atomic mass is 79.9. The van der Waals surface area contributed by atoms with Gasteiger partial charge >= 0.3 is 6.18 Å². The molecule has 0 aliphatic carbocycles. The highest BCUT2D eigenvalue weighted by molar-refractivity contribution is 9.10. The average molecular weight is 257 g/mol. The predicted molar refractivity (Wildman–Crippen MR) is 47.3 cm³/mol. The average Bonchev–Trinajstić information content (AvgIpc) is 2.07. The third kappa shape index (κ3) is 4.28. The van der Waals surface area contributed by atoms with Crippen LogP contribution in [0.5, 0.6) is 0 Å². The molecule has 0 amide bonds. The van der Waals surface area contributed by atoms with Crippen LogP contribution >= 0.6 is 15.9 Å². The highest BCUT2D eigenvalue weighted by Gasteiger charge is 2.29. The molecule has 13 heavy (non-hydrogen) atoms. The fourth-order valence-electron chi connectivity index (χ4n) is 0.639. The van der Waals surface area contributed by atoms with Crippen LogP contribution in [-0.4, -0.2) is 12.2 Å². The van der Waals surface area contributed by atoms with Gasteiger partial charge in [-0.25, -0.2) is 0 Å². The normalized spacial score (nSPS) is 10.3. The fraction of sp³-hybridized carbons (Fsp3) is 0.250. The van der Waals surface area contributed by atoms with Gasteiger partial charge < -0.3 is 5.11 Å². The van der Waals surface area contributed by atoms with Crippen LogP contribution in [0.1, 0.15) is 5.56 Å². The third-order valence-electron chi connectivity index (χ3n) is 1.17. The van der Waals surface area contributed by atoms with Gasteiger partial charge in [-0.05, 0) is 24.3 Å². The molecule has 0 bridgehead atoms. The van der Waals surface area contributed by atoms with E-state index >= 15 is 0 Å². The van der Waals surface area contributed by atoms with Crippen LogP contribution in [0.15, 0.2) is 28.7 Å². The molecule has 0 spiro atoms. The predicted octanol–water partition coefficient (Wildman–Crippen LogP) is 3.08. The minimum absolute atomic E-state index is 0.624. The molecule has 1 nitrogen and oxygen atoms in total. The van der Waals surface area contributed by atoms with Crippen LogP contribution in [0.4, 0.5) is 13.2 Å². The first-order chi connectivity index (χ1) is 6.00. The standard InChI is InChI=1S/C7H4BrF3.CH4O/c8-6-3-1-5(2-4-6)7(9,10)11;1-2/h1-4H;2H,1H3. The summed E-state index contributed by atoms with van der Waals surface area (Å²) in [5.74, 6) is 0. The topological polar surface area (TPSA) is 20.2 Å². The van der Waals surface area contributed by atoms with Gasteiger partial charge in [-0.3, -0.25) is 0 Å². The van der Waals surface area contributed by atoms with E-state index in [1.54, 1.807) is 0 Å². The van der Waals surface area contributed by atoms with E-state index in [4.69, 9.17) is 5.11 Å². The molecule has 0 saturated carbocycles. The van der Waals surface area contributed by atoms with E-state index in [1.807, 2.05) is 0 Å². The lowest BCUT2D eigenvalue weighted by Gasteiger charge is -2.04. The summed E-state index contributed by atoms with van der Waals surface area (Å²) >= 11 is 3.04. The number of hydrogen-bond acceptors (Lipinski definition) is 1. The molecule has 5 heteroatoms. The van der Waals surface area contributed by atoms with E-state index in [9.17, 15) is 13.2 Å². The monoisotopic (exact) mass is 256 g/mol. The second-order valence-corrected chi connectivity index (χ2v) is 2.92. The molecule has 1 rings (SSSR count). The van der Waals surface area contributed by atoms with Gasteiger partial charge in [0.1, 0.15) is 0 Å². The second kappa shape index (κ2) is 5.24. The largest absolute Gasteiger partial charge is 0.416 e. The Kier molecular flexibility index (Phi) is 5.02. The summed E-state index contributed by atoms with van der Waals surface area (Å²) in [7, 11) is 1.00. The van der Waals surface area contributed by atoms with E-state index in [0.29, 0.717) is 4.47 Å². The van der Waals surface area contributed by atoms with E-state index in [-0.39, 0.29) is 0 Å². The summed E-state index contributed by atoms with van der Waals surface area (Å²) in [6, 6.07) is 4.79. The van der Waals surface area contributed by atoms with Crippen LogP contribution in [0.3, 0.4) is 0 Å². The lowest BCUT2D eigenvalue weighted by Crippen LogP contribution is -2.03. The van der Waals surface area contributed by atoms with Crippen LogP contribution < -0.4 is 0 Å². The van der Waals surface area contributed by atoms with Crippen molar-refractivity contribution in [2.24, 2.45) is 0 Å². The summed E-state index contributed by atoms with van der Waals surface area (Å²) < 4.78 is 36.4. The van der Waals surface area contributed by atoms with Gasteiger partial charge in [0.05, 0.1) is 5.56 Å². The number of benzene rings is 1. The molecule has 1 aromatic carbocycles. The first-order valence-corrected chi connectivity index (χ1v) is 4.07. The molecule has 1 aromatic rings. The van der Waals surface area contributed by atoms with E-state index < -0.39 is 11.7 Å². The first kappa shape index (κ1) is 12.4. The van der Waals surface area contributed by atoms with Crippen molar-refractivity contribution in [3.8, 4) is 0 Å². The van der Waals surface area contributed by atoms with Crippen LogP contribution in [0.25, 0.3) is 0 Å². The Morgan fingerprint density at radius 3 is 1.77 bits per heavy atom. The van der Waals surface area contributed by atoms with Crippen LogP contribution in [0, 0.1) is 0 Å². The molecule has 0 aromatic heterocycles. The van der Waals surface area contributed by atoms with Crippen molar-refractivity contribution in [2.45, 2.75) is 6.18 Å². The Hall–Kier alpha value is -0.550. The summed E-state index contributed by atoms with van der Waals surface area (Å²) in [4.78, 5) is 0. The van der Waals surface area contributed by atoms with Crippen LogP contribution in [0.2, 0.25) is 0 Å². The Bertz CT molecular complexity index is 243. The van der Waals surface area contributed by atoms with Gasteiger partial charge in [0, 0.05) is 11.6 Å². The molecule has 0 unspecified atom stereocenters. The quantitative estimate of drug-likeness (QED) is 0.757. The Balaban J connectivity index is 0.000000671. The molecule has 0 atom stereocenters. The lowest BCUT2D eigenvalue weighted by atomic mass is 10.2. The maximum absolute atomic E-state index is 11.9. The third-order valence-corrected chi connectivity index (χ3v) is 1.70. The maximum atomic E-state index is 11.9. The summed E-state index contributed by atoms with van der Waals surface area (Å²) in [6.45, 7) is 0. The van der Waals surface area contributed by atoms with Crippen molar-refractivity contribution in [3.63, 3.8) is 0 Å². The van der Waals surface area contributed by atoms with Crippen molar-refractivity contribution in [2.75, 3.05) is 7.11 Å². The van der Waals surface area contributed by atoms with Gasteiger partial charge in [-0.1, -0.05) is 15.9 Å². The number of hydrogen-bond donors (Lipinski definition) is 1.